The Morgan fingerprint density at radius 3 is 2.44 bits per heavy atom. The van der Waals surface area contributed by atoms with Crippen LogP contribution in [-0.4, -0.2) is 15.5 Å². The molecule has 0 bridgehead atoms. The summed E-state index contributed by atoms with van der Waals surface area (Å²) in [6.07, 6.45) is 2.01. The number of rotatable bonds is 7. The van der Waals surface area contributed by atoms with E-state index in [-0.39, 0.29) is 11.5 Å². The molecule has 6 nitrogen and oxygen atoms in total. The summed E-state index contributed by atoms with van der Waals surface area (Å²) in [6, 6.07) is 15.5. The molecule has 0 radical (unpaired) electrons. The van der Waals surface area contributed by atoms with Gasteiger partial charge in [0, 0.05) is 13.0 Å². The molecule has 0 fully saturated rings. The SMILES string of the molecule is CCc1ccc(CCC(=O)NNc2nc3ccccc3c(=O)n2CC)cc1. The van der Waals surface area contributed by atoms with E-state index in [0.29, 0.717) is 36.2 Å². The van der Waals surface area contributed by atoms with Gasteiger partial charge < -0.3 is 0 Å². The Labute approximate surface area is 158 Å². The van der Waals surface area contributed by atoms with E-state index in [9.17, 15) is 9.59 Å². The van der Waals surface area contributed by atoms with Crippen LogP contribution in [0.25, 0.3) is 10.9 Å². The first-order chi connectivity index (χ1) is 13.1. The maximum Gasteiger partial charge on any atom is 0.262 e. The van der Waals surface area contributed by atoms with Crippen molar-refractivity contribution in [3.05, 3.63) is 70.0 Å². The van der Waals surface area contributed by atoms with Crippen LogP contribution in [0.1, 0.15) is 31.4 Å². The smallest absolute Gasteiger partial charge is 0.262 e. The van der Waals surface area contributed by atoms with Gasteiger partial charge >= 0.3 is 0 Å². The Morgan fingerprint density at radius 1 is 1.04 bits per heavy atom. The van der Waals surface area contributed by atoms with Gasteiger partial charge in [0.15, 0.2) is 0 Å². The molecule has 2 N–H and O–H groups in total. The lowest BCUT2D eigenvalue weighted by Gasteiger charge is -2.14. The number of fused-ring (bicyclic) bond motifs is 1. The van der Waals surface area contributed by atoms with Crippen LogP contribution in [0.5, 0.6) is 0 Å². The lowest BCUT2D eigenvalue weighted by Crippen LogP contribution is -2.34. The molecule has 0 atom stereocenters. The highest BCUT2D eigenvalue weighted by Crippen LogP contribution is 2.11. The van der Waals surface area contributed by atoms with Crippen LogP contribution in [0.2, 0.25) is 0 Å². The number of aromatic nitrogens is 2. The van der Waals surface area contributed by atoms with Crippen LogP contribution in [0.4, 0.5) is 5.95 Å². The first kappa shape index (κ1) is 18.6. The number of nitrogens with zero attached hydrogens (tertiary/aromatic N) is 2. The molecule has 1 amide bonds. The van der Waals surface area contributed by atoms with Crippen molar-refractivity contribution < 1.29 is 4.79 Å². The summed E-state index contributed by atoms with van der Waals surface area (Å²) >= 11 is 0. The largest absolute Gasteiger partial charge is 0.277 e. The maximum absolute atomic E-state index is 12.6. The molecule has 3 aromatic rings. The van der Waals surface area contributed by atoms with Gasteiger partial charge in [-0.05, 0) is 43.0 Å². The standard InChI is InChI=1S/C21H24N4O2/c1-3-15-9-11-16(12-10-15)13-14-19(26)23-24-21-22-18-8-6-5-7-17(18)20(27)25(21)4-2/h5-12H,3-4,13-14H2,1-2H3,(H,22,24)(H,23,26). The van der Waals surface area contributed by atoms with Crippen molar-refractivity contribution in [3.8, 4) is 0 Å². The first-order valence-electron chi connectivity index (χ1n) is 9.24. The molecule has 2 aromatic carbocycles. The minimum atomic E-state index is -0.153. The van der Waals surface area contributed by atoms with Gasteiger partial charge in [-0.2, -0.15) is 0 Å². The Hall–Kier alpha value is -3.15. The molecule has 27 heavy (non-hydrogen) atoms. The quantitative estimate of drug-likeness (QED) is 0.632. The molecular weight excluding hydrogens is 340 g/mol. The summed E-state index contributed by atoms with van der Waals surface area (Å²) in [4.78, 5) is 29.2. The third kappa shape index (κ3) is 4.34. The highest BCUT2D eigenvalue weighted by atomic mass is 16.2. The second-order valence-corrected chi connectivity index (χ2v) is 6.35. The van der Waals surface area contributed by atoms with Crippen molar-refractivity contribution >= 4 is 22.8 Å². The Balaban J connectivity index is 1.65. The van der Waals surface area contributed by atoms with Gasteiger partial charge in [-0.3, -0.25) is 25.0 Å². The number of carbonyl (C=O) groups excluding carboxylic acids is 1. The highest BCUT2D eigenvalue weighted by molar-refractivity contribution is 5.80. The second kappa shape index (κ2) is 8.49. The van der Waals surface area contributed by atoms with Gasteiger partial charge in [-0.15, -0.1) is 0 Å². The number of hydrogen-bond acceptors (Lipinski definition) is 4. The zero-order valence-corrected chi connectivity index (χ0v) is 15.7. The average Bonchev–Trinajstić information content (AvgIpc) is 2.71. The van der Waals surface area contributed by atoms with Gasteiger partial charge in [0.1, 0.15) is 0 Å². The van der Waals surface area contributed by atoms with Gasteiger partial charge in [0.2, 0.25) is 11.9 Å². The van der Waals surface area contributed by atoms with Crippen molar-refractivity contribution in [1.29, 1.82) is 0 Å². The van der Waals surface area contributed by atoms with Crippen molar-refractivity contribution in [2.75, 3.05) is 5.43 Å². The number of amides is 1. The third-order valence-corrected chi connectivity index (χ3v) is 4.56. The van der Waals surface area contributed by atoms with Crippen molar-refractivity contribution in [3.63, 3.8) is 0 Å². The molecule has 0 spiro atoms. The monoisotopic (exact) mass is 364 g/mol. The molecular formula is C21H24N4O2. The van der Waals surface area contributed by atoms with Crippen LogP contribution in [0.15, 0.2) is 53.3 Å². The number of hydrazine groups is 1. The minimum Gasteiger partial charge on any atom is -0.277 e. The zero-order chi connectivity index (χ0) is 19.2. The van der Waals surface area contributed by atoms with Crippen LogP contribution in [-0.2, 0) is 24.2 Å². The van der Waals surface area contributed by atoms with E-state index < -0.39 is 0 Å². The summed E-state index contributed by atoms with van der Waals surface area (Å²) in [6.45, 7) is 4.44. The number of aryl methyl sites for hydroxylation is 2. The molecule has 1 heterocycles. The molecule has 140 valence electrons. The molecule has 0 saturated carbocycles. The topological polar surface area (TPSA) is 76.0 Å². The molecule has 1 aromatic heterocycles. The third-order valence-electron chi connectivity index (χ3n) is 4.56. The Bertz CT molecular complexity index is 993. The summed E-state index contributed by atoms with van der Waals surface area (Å²) in [7, 11) is 0. The fourth-order valence-electron chi connectivity index (χ4n) is 2.94. The maximum atomic E-state index is 12.6. The van der Waals surface area contributed by atoms with E-state index in [2.05, 4.69) is 47.0 Å². The lowest BCUT2D eigenvalue weighted by atomic mass is 10.1. The van der Waals surface area contributed by atoms with Gasteiger partial charge in [0.25, 0.3) is 5.56 Å². The Morgan fingerprint density at radius 2 is 1.74 bits per heavy atom. The number of para-hydroxylation sites is 1. The molecule has 6 heteroatoms. The fraction of sp³-hybridized carbons (Fsp3) is 0.286. The number of benzene rings is 2. The van der Waals surface area contributed by atoms with E-state index in [4.69, 9.17) is 0 Å². The molecule has 0 aliphatic heterocycles. The van der Waals surface area contributed by atoms with E-state index in [1.54, 1.807) is 12.1 Å². The summed E-state index contributed by atoms with van der Waals surface area (Å²) in [5.74, 6) is 0.182. The first-order valence-corrected chi connectivity index (χ1v) is 9.24. The van der Waals surface area contributed by atoms with Gasteiger partial charge in [-0.25, -0.2) is 4.98 Å². The molecule has 3 rings (SSSR count). The van der Waals surface area contributed by atoms with Gasteiger partial charge in [-0.1, -0.05) is 43.3 Å². The number of nitrogens with one attached hydrogen (secondary N) is 2. The lowest BCUT2D eigenvalue weighted by molar-refractivity contribution is -0.120. The molecule has 0 saturated heterocycles. The predicted molar refractivity (Wildman–Crippen MR) is 108 cm³/mol. The predicted octanol–water partition coefficient (Wildman–Crippen LogP) is 3.05. The zero-order valence-electron chi connectivity index (χ0n) is 15.7. The van der Waals surface area contributed by atoms with Gasteiger partial charge in [0.05, 0.1) is 10.9 Å². The van der Waals surface area contributed by atoms with Crippen LogP contribution >= 0.6 is 0 Å². The summed E-state index contributed by atoms with van der Waals surface area (Å²) in [5.41, 5.74) is 8.32. The normalized spacial score (nSPS) is 10.7. The Kier molecular flexibility index (Phi) is 5.86. The number of hydrogen-bond donors (Lipinski definition) is 2. The minimum absolute atomic E-state index is 0.129. The van der Waals surface area contributed by atoms with Crippen molar-refractivity contribution in [1.82, 2.24) is 15.0 Å². The summed E-state index contributed by atoms with van der Waals surface area (Å²) in [5, 5.41) is 0.562. The highest BCUT2D eigenvalue weighted by Gasteiger charge is 2.10. The molecule has 0 unspecified atom stereocenters. The number of anilines is 1. The van der Waals surface area contributed by atoms with E-state index in [1.807, 2.05) is 19.1 Å². The molecule has 0 aliphatic rings. The fourth-order valence-corrected chi connectivity index (χ4v) is 2.94. The second-order valence-electron chi connectivity index (χ2n) is 6.35. The van der Waals surface area contributed by atoms with Crippen molar-refractivity contribution in [2.45, 2.75) is 39.7 Å². The summed E-state index contributed by atoms with van der Waals surface area (Å²) < 4.78 is 1.51. The van der Waals surface area contributed by atoms with Crippen molar-refractivity contribution in [2.24, 2.45) is 0 Å². The number of carbonyl (C=O) groups is 1. The molecule has 0 aliphatic carbocycles. The van der Waals surface area contributed by atoms with E-state index >= 15 is 0 Å². The van der Waals surface area contributed by atoms with Crippen LogP contribution in [0, 0.1) is 0 Å². The average molecular weight is 364 g/mol. The van der Waals surface area contributed by atoms with E-state index in [1.165, 1.54) is 10.1 Å². The van der Waals surface area contributed by atoms with Crippen LogP contribution in [0.3, 0.4) is 0 Å². The van der Waals surface area contributed by atoms with Crippen LogP contribution < -0.4 is 16.4 Å². The van der Waals surface area contributed by atoms with E-state index in [0.717, 1.165) is 12.0 Å².